The minimum Gasteiger partial charge on any atom is -0.270 e. The Bertz CT molecular complexity index is 568. The molecule has 1 saturated carbocycles. The van der Waals surface area contributed by atoms with Crippen LogP contribution in [0.2, 0.25) is 0 Å². The third kappa shape index (κ3) is 1.04. The number of hydrogen-bond donors (Lipinski definition) is 0. The molecule has 0 unspecified atom stereocenters. The molecule has 1 aliphatic carbocycles. The molecule has 2 nitrogen and oxygen atoms in total. The summed E-state index contributed by atoms with van der Waals surface area (Å²) in [5, 5.41) is 5.69. The largest absolute Gasteiger partial charge is 0.270 e. The summed E-state index contributed by atoms with van der Waals surface area (Å²) in [5.74, 6) is 2.93. The van der Waals surface area contributed by atoms with Crippen LogP contribution in [-0.4, -0.2) is 9.78 Å². The lowest BCUT2D eigenvalue weighted by Crippen LogP contribution is -2.10. The Labute approximate surface area is 88.9 Å². The Hall–Kier alpha value is -1.75. The van der Waals surface area contributed by atoms with Crippen LogP contribution in [-0.2, 0) is 12.5 Å². The van der Waals surface area contributed by atoms with Crippen molar-refractivity contribution in [2.45, 2.75) is 18.3 Å². The zero-order valence-electron chi connectivity index (χ0n) is 8.70. The van der Waals surface area contributed by atoms with E-state index in [1.807, 2.05) is 29.9 Å². The van der Waals surface area contributed by atoms with Crippen molar-refractivity contribution in [2.24, 2.45) is 7.05 Å². The smallest absolute Gasteiger partial charge is 0.0926 e. The van der Waals surface area contributed by atoms with Crippen LogP contribution in [0.15, 0.2) is 24.3 Å². The Morgan fingerprint density at radius 1 is 1.40 bits per heavy atom. The van der Waals surface area contributed by atoms with E-state index in [-0.39, 0.29) is 5.41 Å². The van der Waals surface area contributed by atoms with E-state index in [0.717, 1.165) is 18.4 Å². The highest BCUT2D eigenvalue weighted by atomic mass is 15.3. The third-order valence-electron chi connectivity index (χ3n) is 3.22. The first-order valence-corrected chi connectivity index (χ1v) is 5.17. The fraction of sp³-hybridized carbons (Fsp3) is 0.308. The van der Waals surface area contributed by atoms with Gasteiger partial charge < -0.3 is 0 Å². The molecule has 1 fully saturated rings. The highest BCUT2D eigenvalue weighted by molar-refractivity contribution is 5.83. The summed E-state index contributed by atoms with van der Waals surface area (Å²) >= 11 is 0. The van der Waals surface area contributed by atoms with Crippen LogP contribution >= 0.6 is 0 Å². The molecule has 0 saturated heterocycles. The van der Waals surface area contributed by atoms with Crippen LogP contribution in [0.4, 0.5) is 0 Å². The van der Waals surface area contributed by atoms with E-state index in [0.29, 0.717) is 0 Å². The van der Waals surface area contributed by atoms with E-state index in [2.05, 4.69) is 17.1 Å². The van der Waals surface area contributed by atoms with Crippen LogP contribution in [0.1, 0.15) is 18.5 Å². The minimum atomic E-state index is -0.0369. The SMILES string of the molecule is C#CC1(c2c3ccccc3nn2C)CC1. The lowest BCUT2D eigenvalue weighted by atomic mass is 10.00. The Morgan fingerprint density at radius 2 is 2.13 bits per heavy atom. The molecule has 0 amide bonds. The summed E-state index contributed by atoms with van der Waals surface area (Å²) in [7, 11) is 1.98. The number of aromatic nitrogens is 2. The van der Waals surface area contributed by atoms with Gasteiger partial charge in [-0.15, -0.1) is 6.42 Å². The molecule has 2 heteroatoms. The van der Waals surface area contributed by atoms with Gasteiger partial charge in [0.15, 0.2) is 0 Å². The normalized spacial score (nSPS) is 17.6. The van der Waals surface area contributed by atoms with Crippen molar-refractivity contribution in [3.05, 3.63) is 30.0 Å². The second kappa shape index (κ2) is 2.64. The number of hydrogen-bond acceptors (Lipinski definition) is 1. The molecule has 0 spiro atoms. The number of terminal acetylenes is 1. The average Bonchev–Trinajstić information content (AvgIpc) is 2.95. The van der Waals surface area contributed by atoms with Crippen molar-refractivity contribution in [3.63, 3.8) is 0 Å². The molecule has 0 aliphatic heterocycles. The second-order valence-electron chi connectivity index (χ2n) is 4.22. The minimum absolute atomic E-state index is 0.0369. The molecule has 2 aromatic rings. The molecular formula is C13H12N2. The fourth-order valence-electron chi connectivity index (χ4n) is 2.29. The highest BCUT2D eigenvalue weighted by Crippen LogP contribution is 2.49. The van der Waals surface area contributed by atoms with Crippen molar-refractivity contribution in [2.75, 3.05) is 0 Å². The Kier molecular flexibility index (Phi) is 1.50. The molecule has 0 N–H and O–H groups in total. The van der Waals surface area contributed by atoms with Gasteiger partial charge in [-0.1, -0.05) is 24.1 Å². The first-order chi connectivity index (χ1) is 7.27. The van der Waals surface area contributed by atoms with E-state index in [4.69, 9.17) is 6.42 Å². The van der Waals surface area contributed by atoms with Crippen LogP contribution in [0.5, 0.6) is 0 Å². The van der Waals surface area contributed by atoms with Crippen molar-refractivity contribution in [1.29, 1.82) is 0 Å². The lowest BCUT2D eigenvalue weighted by Gasteiger charge is -2.08. The van der Waals surface area contributed by atoms with Gasteiger partial charge in [-0.3, -0.25) is 4.68 Å². The molecule has 15 heavy (non-hydrogen) atoms. The summed E-state index contributed by atoms with van der Waals surface area (Å²) in [6, 6.07) is 8.19. The molecular weight excluding hydrogens is 184 g/mol. The molecule has 1 heterocycles. The van der Waals surface area contributed by atoms with Gasteiger partial charge in [0.05, 0.1) is 16.6 Å². The van der Waals surface area contributed by atoms with Gasteiger partial charge in [-0.2, -0.15) is 5.10 Å². The number of rotatable bonds is 1. The van der Waals surface area contributed by atoms with Gasteiger partial charge in [0, 0.05) is 12.4 Å². The predicted molar refractivity (Wildman–Crippen MR) is 60.5 cm³/mol. The second-order valence-corrected chi connectivity index (χ2v) is 4.22. The molecule has 1 aliphatic rings. The molecule has 0 radical (unpaired) electrons. The van der Waals surface area contributed by atoms with Gasteiger partial charge in [0.2, 0.25) is 0 Å². The zero-order valence-corrected chi connectivity index (χ0v) is 8.70. The van der Waals surface area contributed by atoms with Gasteiger partial charge in [0.1, 0.15) is 0 Å². The topological polar surface area (TPSA) is 17.8 Å². The van der Waals surface area contributed by atoms with Gasteiger partial charge in [-0.25, -0.2) is 0 Å². The maximum Gasteiger partial charge on any atom is 0.0926 e. The average molecular weight is 196 g/mol. The molecule has 0 bridgehead atoms. The summed E-state index contributed by atoms with van der Waals surface area (Å²) in [4.78, 5) is 0. The number of aryl methyl sites for hydroxylation is 1. The van der Waals surface area contributed by atoms with Gasteiger partial charge >= 0.3 is 0 Å². The zero-order chi connectivity index (χ0) is 10.5. The fourth-order valence-corrected chi connectivity index (χ4v) is 2.29. The molecule has 1 aromatic heterocycles. The highest BCUT2D eigenvalue weighted by Gasteiger charge is 2.46. The van der Waals surface area contributed by atoms with Crippen molar-refractivity contribution < 1.29 is 0 Å². The van der Waals surface area contributed by atoms with Crippen LogP contribution < -0.4 is 0 Å². The summed E-state index contributed by atoms with van der Waals surface area (Å²) < 4.78 is 1.94. The summed E-state index contributed by atoms with van der Waals surface area (Å²) in [6.45, 7) is 0. The first-order valence-electron chi connectivity index (χ1n) is 5.17. The van der Waals surface area contributed by atoms with E-state index >= 15 is 0 Å². The van der Waals surface area contributed by atoms with Gasteiger partial charge in [0.25, 0.3) is 0 Å². The number of nitrogens with zero attached hydrogens (tertiary/aromatic N) is 2. The molecule has 0 atom stereocenters. The summed E-state index contributed by atoms with van der Waals surface area (Å²) in [5.41, 5.74) is 2.21. The maximum atomic E-state index is 5.63. The molecule has 3 rings (SSSR count). The van der Waals surface area contributed by atoms with E-state index in [1.54, 1.807) is 0 Å². The van der Waals surface area contributed by atoms with Crippen molar-refractivity contribution >= 4 is 10.9 Å². The van der Waals surface area contributed by atoms with Gasteiger partial charge in [-0.05, 0) is 18.9 Å². The predicted octanol–water partition coefficient (Wildman–Crippen LogP) is 2.24. The van der Waals surface area contributed by atoms with E-state index in [9.17, 15) is 0 Å². The van der Waals surface area contributed by atoms with Crippen molar-refractivity contribution in [1.82, 2.24) is 9.78 Å². The monoisotopic (exact) mass is 196 g/mol. The quantitative estimate of drug-likeness (QED) is 0.639. The van der Waals surface area contributed by atoms with Crippen molar-refractivity contribution in [3.8, 4) is 12.3 Å². The summed E-state index contributed by atoms with van der Waals surface area (Å²) in [6.07, 6.45) is 7.81. The van der Waals surface area contributed by atoms with E-state index < -0.39 is 0 Å². The van der Waals surface area contributed by atoms with Crippen LogP contribution in [0, 0.1) is 12.3 Å². The third-order valence-corrected chi connectivity index (χ3v) is 3.22. The Morgan fingerprint density at radius 3 is 2.80 bits per heavy atom. The van der Waals surface area contributed by atoms with Crippen LogP contribution in [0.3, 0.4) is 0 Å². The molecule has 1 aromatic carbocycles. The maximum absolute atomic E-state index is 5.63. The first kappa shape index (κ1) is 8.55. The lowest BCUT2D eigenvalue weighted by molar-refractivity contribution is 0.687. The van der Waals surface area contributed by atoms with Crippen LogP contribution in [0.25, 0.3) is 10.9 Å². The standard InChI is InChI=1S/C13H12N2/c1-3-13(8-9-13)12-10-6-4-5-7-11(10)14-15(12)2/h1,4-7H,8-9H2,2H3. The van der Waals surface area contributed by atoms with E-state index in [1.165, 1.54) is 11.1 Å². The molecule has 74 valence electrons. The number of fused-ring (bicyclic) bond motifs is 1. The Balaban J connectivity index is 2.35. The number of benzene rings is 1.